The smallest absolute Gasteiger partial charge is 0.0520 e. The number of rotatable bonds is 2. The lowest BCUT2D eigenvalue weighted by atomic mass is 9.88. The van der Waals surface area contributed by atoms with Crippen LogP contribution in [0, 0.1) is 0 Å². The summed E-state index contributed by atoms with van der Waals surface area (Å²) in [4.78, 5) is 0. The minimum Gasteiger partial charge on any atom is -0.384 e. The summed E-state index contributed by atoms with van der Waals surface area (Å²) in [7, 11) is 0. The molecule has 1 aromatic rings. The van der Waals surface area contributed by atoms with Crippen molar-refractivity contribution in [3.05, 3.63) is 28.2 Å². The van der Waals surface area contributed by atoms with Gasteiger partial charge in [-0.05, 0) is 52.9 Å². The molecular formula is C11H15BrN2. The quantitative estimate of drug-likeness (QED) is 0.852. The van der Waals surface area contributed by atoms with Crippen molar-refractivity contribution in [2.75, 3.05) is 18.4 Å². The van der Waals surface area contributed by atoms with Gasteiger partial charge in [0.25, 0.3) is 0 Å². The molecule has 1 aliphatic rings. The van der Waals surface area contributed by atoms with Crippen molar-refractivity contribution >= 4 is 21.6 Å². The highest BCUT2D eigenvalue weighted by Crippen LogP contribution is 2.37. The van der Waals surface area contributed by atoms with Crippen LogP contribution < -0.4 is 11.1 Å². The topological polar surface area (TPSA) is 38.0 Å². The van der Waals surface area contributed by atoms with Crippen LogP contribution in [-0.4, -0.2) is 13.1 Å². The van der Waals surface area contributed by atoms with Crippen molar-refractivity contribution in [2.45, 2.75) is 18.8 Å². The van der Waals surface area contributed by atoms with Gasteiger partial charge >= 0.3 is 0 Å². The van der Waals surface area contributed by atoms with Crippen molar-refractivity contribution in [1.82, 2.24) is 0 Å². The fraction of sp³-hybridized carbons (Fsp3) is 0.455. The van der Waals surface area contributed by atoms with Crippen molar-refractivity contribution in [3.8, 4) is 0 Å². The Morgan fingerprint density at radius 3 is 3.14 bits per heavy atom. The Kier molecular flexibility index (Phi) is 3.08. The Morgan fingerprint density at radius 2 is 2.36 bits per heavy atom. The molecule has 76 valence electrons. The van der Waals surface area contributed by atoms with E-state index in [0.29, 0.717) is 5.92 Å². The maximum Gasteiger partial charge on any atom is 0.0520 e. The zero-order chi connectivity index (χ0) is 9.97. The summed E-state index contributed by atoms with van der Waals surface area (Å²) in [5.41, 5.74) is 8.30. The first-order valence-corrected chi connectivity index (χ1v) is 5.84. The first-order valence-electron chi connectivity index (χ1n) is 5.05. The summed E-state index contributed by atoms with van der Waals surface area (Å²) >= 11 is 3.57. The molecule has 0 saturated carbocycles. The van der Waals surface area contributed by atoms with Crippen molar-refractivity contribution < 1.29 is 0 Å². The van der Waals surface area contributed by atoms with Crippen LogP contribution in [0.5, 0.6) is 0 Å². The minimum absolute atomic E-state index is 0.633. The molecule has 1 unspecified atom stereocenters. The number of benzene rings is 1. The molecule has 14 heavy (non-hydrogen) atoms. The van der Waals surface area contributed by atoms with E-state index in [9.17, 15) is 0 Å². The fourth-order valence-corrected chi connectivity index (χ4v) is 2.62. The zero-order valence-electron chi connectivity index (χ0n) is 8.09. The van der Waals surface area contributed by atoms with E-state index in [4.69, 9.17) is 5.73 Å². The number of hydrogen-bond acceptors (Lipinski definition) is 2. The Morgan fingerprint density at radius 1 is 1.50 bits per heavy atom. The van der Waals surface area contributed by atoms with E-state index < -0.39 is 0 Å². The highest BCUT2D eigenvalue weighted by molar-refractivity contribution is 9.10. The molecular weight excluding hydrogens is 240 g/mol. The first kappa shape index (κ1) is 9.99. The first-order chi connectivity index (χ1) is 6.83. The molecule has 1 heterocycles. The van der Waals surface area contributed by atoms with Gasteiger partial charge in [0.1, 0.15) is 0 Å². The summed E-state index contributed by atoms with van der Waals surface area (Å²) in [5.74, 6) is 0.633. The molecule has 0 aromatic heterocycles. The molecule has 0 amide bonds. The van der Waals surface area contributed by atoms with Gasteiger partial charge in [-0.25, -0.2) is 0 Å². The monoisotopic (exact) mass is 254 g/mol. The molecule has 1 aromatic carbocycles. The van der Waals surface area contributed by atoms with Crippen LogP contribution in [0.25, 0.3) is 0 Å². The van der Waals surface area contributed by atoms with Crippen LogP contribution in [0.15, 0.2) is 22.7 Å². The molecule has 3 heteroatoms. The fourth-order valence-electron chi connectivity index (χ4n) is 2.10. The molecule has 0 spiro atoms. The minimum atomic E-state index is 0.633. The van der Waals surface area contributed by atoms with Crippen LogP contribution in [0.3, 0.4) is 0 Å². The number of anilines is 1. The normalized spacial score (nSPS) is 20.0. The van der Waals surface area contributed by atoms with Crippen LogP contribution >= 0.6 is 15.9 Å². The van der Waals surface area contributed by atoms with Gasteiger partial charge in [0.2, 0.25) is 0 Å². The molecule has 1 atom stereocenters. The van der Waals surface area contributed by atoms with Gasteiger partial charge in [-0.3, -0.25) is 0 Å². The van der Waals surface area contributed by atoms with E-state index in [1.807, 2.05) is 0 Å². The van der Waals surface area contributed by atoms with Crippen molar-refractivity contribution in [1.29, 1.82) is 0 Å². The third kappa shape index (κ3) is 1.79. The van der Waals surface area contributed by atoms with E-state index in [0.717, 1.165) is 24.0 Å². The van der Waals surface area contributed by atoms with Gasteiger partial charge in [-0.15, -0.1) is 0 Å². The number of nitrogens with one attached hydrogen (secondary N) is 1. The predicted octanol–water partition coefficient (Wildman–Crippen LogP) is 2.70. The summed E-state index contributed by atoms with van der Waals surface area (Å²) in [5, 5.41) is 3.43. The number of para-hydroxylation sites is 1. The molecule has 0 aliphatic carbocycles. The zero-order valence-corrected chi connectivity index (χ0v) is 9.68. The molecule has 2 nitrogen and oxygen atoms in total. The summed E-state index contributed by atoms with van der Waals surface area (Å²) in [6.07, 6.45) is 2.28. The Hall–Kier alpha value is -0.540. The van der Waals surface area contributed by atoms with Crippen molar-refractivity contribution in [2.24, 2.45) is 5.73 Å². The summed E-state index contributed by atoms with van der Waals surface area (Å²) in [6.45, 7) is 1.83. The molecule has 3 N–H and O–H groups in total. The van der Waals surface area contributed by atoms with Gasteiger partial charge in [0, 0.05) is 11.0 Å². The number of fused-ring (bicyclic) bond motifs is 1. The molecule has 2 rings (SSSR count). The number of hydrogen-bond donors (Lipinski definition) is 2. The second-order valence-electron chi connectivity index (χ2n) is 3.69. The average molecular weight is 255 g/mol. The predicted molar refractivity (Wildman–Crippen MR) is 63.7 cm³/mol. The third-order valence-electron chi connectivity index (χ3n) is 2.80. The Balaban J connectivity index is 2.34. The highest BCUT2D eigenvalue weighted by atomic mass is 79.9. The van der Waals surface area contributed by atoms with Gasteiger partial charge in [-0.1, -0.05) is 12.1 Å². The van der Waals surface area contributed by atoms with E-state index in [2.05, 4.69) is 39.4 Å². The van der Waals surface area contributed by atoms with Crippen LogP contribution in [0.1, 0.15) is 24.3 Å². The van der Waals surface area contributed by atoms with E-state index >= 15 is 0 Å². The second kappa shape index (κ2) is 4.32. The standard InChI is InChI=1S/C11H15BrN2/c12-10-3-1-2-9-8(4-6-13)5-7-14-11(9)10/h1-3,8,14H,4-7,13H2. The second-order valence-corrected chi connectivity index (χ2v) is 4.55. The summed E-state index contributed by atoms with van der Waals surface area (Å²) < 4.78 is 1.16. The van der Waals surface area contributed by atoms with Gasteiger partial charge < -0.3 is 11.1 Å². The lowest BCUT2D eigenvalue weighted by molar-refractivity contribution is 0.586. The SMILES string of the molecule is NCCC1CCNc2c(Br)cccc21. The molecule has 0 saturated heterocycles. The van der Waals surface area contributed by atoms with Crippen LogP contribution in [0.2, 0.25) is 0 Å². The average Bonchev–Trinajstić information content (AvgIpc) is 2.20. The van der Waals surface area contributed by atoms with Crippen LogP contribution in [0.4, 0.5) is 5.69 Å². The largest absolute Gasteiger partial charge is 0.384 e. The molecule has 0 fully saturated rings. The Bertz CT molecular complexity index is 325. The van der Waals surface area contributed by atoms with E-state index in [1.54, 1.807) is 0 Å². The van der Waals surface area contributed by atoms with Gasteiger partial charge in [0.05, 0.1) is 5.69 Å². The molecule has 0 bridgehead atoms. The lowest BCUT2D eigenvalue weighted by Crippen LogP contribution is -2.19. The maximum atomic E-state index is 5.62. The van der Waals surface area contributed by atoms with Crippen molar-refractivity contribution in [3.63, 3.8) is 0 Å². The molecule has 1 aliphatic heterocycles. The lowest BCUT2D eigenvalue weighted by Gasteiger charge is -2.27. The van der Waals surface area contributed by atoms with Gasteiger partial charge in [-0.2, -0.15) is 0 Å². The number of nitrogens with two attached hydrogens (primary N) is 1. The van der Waals surface area contributed by atoms with Crippen LogP contribution in [-0.2, 0) is 0 Å². The third-order valence-corrected chi connectivity index (χ3v) is 3.46. The highest BCUT2D eigenvalue weighted by Gasteiger charge is 2.20. The Labute approximate surface area is 93.0 Å². The van der Waals surface area contributed by atoms with E-state index in [-0.39, 0.29) is 0 Å². The number of halogens is 1. The van der Waals surface area contributed by atoms with E-state index in [1.165, 1.54) is 17.7 Å². The maximum absolute atomic E-state index is 5.62. The summed E-state index contributed by atoms with van der Waals surface area (Å²) in [6, 6.07) is 6.38. The molecule has 0 radical (unpaired) electrons. The van der Waals surface area contributed by atoms with Gasteiger partial charge in [0.15, 0.2) is 0 Å².